The minimum atomic E-state index is -0.838. The van der Waals surface area contributed by atoms with Crippen LogP contribution in [0.1, 0.15) is 46.6 Å². The van der Waals surface area contributed by atoms with Crippen LogP contribution in [0.5, 0.6) is 0 Å². The Morgan fingerprint density at radius 1 is 1.03 bits per heavy atom. The molecule has 174 valence electrons. The third-order valence-corrected chi connectivity index (χ3v) is 6.45. The second kappa shape index (κ2) is 9.85. The van der Waals surface area contributed by atoms with Crippen LogP contribution in [0.25, 0.3) is 11.4 Å². The van der Waals surface area contributed by atoms with Crippen LogP contribution in [0.15, 0.2) is 48.8 Å². The van der Waals surface area contributed by atoms with E-state index < -0.39 is 11.8 Å². The average molecular weight is 476 g/mol. The van der Waals surface area contributed by atoms with Gasteiger partial charge in [0.1, 0.15) is 11.7 Å². The second-order valence-electron chi connectivity index (χ2n) is 8.92. The number of rotatable bonds is 6. The Kier molecular flexibility index (Phi) is 6.89. The molecule has 1 heterocycles. The fraction of sp³-hybridized carbons (Fsp3) is 0.296. The zero-order chi connectivity index (χ0) is 24.4. The zero-order valence-corrected chi connectivity index (χ0v) is 20.1. The van der Waals surface area contributed by atoms with Crippen LogP contribution in [-0.2, 0) is 20.9 Å². The molecule has 1 aliphatic carbocycles. The van der Waals surface area contributed by atoms with Crippen molar-refractivity contribution in [3.05, 3.63) is 81.6 Å². The fourth-order valence-electron chi connectivity index (χ4n) is 4.55. The van der Waals surface area contributed by atoms with Gasteiger partial charge in [0.2, 0.25) is 5.91 Å². The summed E-state index contributed by atoms with van der Waals surface area (Å²) in [6.45, 7) is 6.15. The van der Waals surface area contributed by atoms with Crippen LogP contribution in [0.3, 0.4) is 0 Å². The summed E-state index contributed by atoms with van der Waals surface area (Å²) in [6, 6.07) is 11.7. The number of nitrogens with one attached hydrogen (secondary N) is 1. The standard InChI is InChI=1S/C27H26ClN3O3/c1-15-4-6-18(7-5-15)12-29-23(33)11-19-10-22(32)25(26(19)34)24-16(2)8-20(9-17(24)3)27-30-13-21(28)14-31-27/h4-9,13-14,19,25H,10-12H2,1-3H3,(H,29,33). The minimum absolute atomic E-state index is 0.0156. The number of Topliss-reactive ketones (excluding diaryl/α,β-unsaturated/α-hetero) is 2. The highest BCUT2D eigenvalue weighted by molar-refractivity contribution is 6.30. The lowest BCUT2D eigenvalue weighted by Gasteiger charge is -2.17. The van der Waals surface area contributed by atoms with Crippen molar-refractivity contribution in [3.8, 4) is 11.4 Å². The molecule has 0 saturated heterocycles. The van der Waals surface area contributed by atoms with Crippen molar-refractivity contribution in [2.75, 3.05) is 0 Å². The molecule has 6 nitrogen and oxygen atoms in total. The monoisotopic (exact) mass is 475 g/mol. The number of amides is 1. The van der Waals surface area contributed by atoms with Gasteiger partial charge in [0.15, 0.2) is 11.6 Å². The Bertz CT molecular complexity index is 1230. The summed E-state index contributed by atoms with van der Waals surface area (Å²) in [7, 11) is 0. The summed E-state index contributed by atoms with van der Waals surface area (Å²) in [5, 5.41) is 3.31. The van der Waals surface area contributed by atoms with Gasteiger partial charge in [-0.2, -0.15) is 0 Å². The molecule has 2 unspecified atom stereocenters. The number of hydrogen-bond donors (Lipinski definition) is 1. The number of aryl methyl sites for hydroxylation is 3. The van der Waals surface area contributed by atoms with E-state index in [0.29, 0.717) is 17.4 Å². The highest BCUT2D eigenvalue weighted by atomic mass is 35.5. The van der Waals surface area contributed by atoms with Crippen LogP contribution < -0.4 is 5.32 Å². The molecule has 0 spiro atoms. The van der Waals surface area contributed by atoms with Gasteiger partial charge in [-0.15, -0.1) is 0 Å². The smallest absolute Gasteiger partial charge is 0.221 e. The summed E-state index contributed by atoms with van der Waals surface area (Å²) in [4.78, 5) is 47.1. The first-order chi connectivity index (χ1) is 16.2. The molecule has 0 bridgehead atoms. The maximum absolute atomic E-state index is 13.2. The first kappa shape index (κ1) is 23.8. The van der Waals surface area contributed by atoms with E-state index in [1.807, 2.05) is 57.2 Å². The minimum Gasteiger partial charge on any atom is -0.352 e. The van der Waals surface area contributed by atoms with E-state index in [1.165, 1.54) is 12.4 Å². The van der Waals surface area contributed by atoms with Crippen molar-refractivity contribution in [2.24, 2.45) is 5.92 Å². The number of benzene rings is 2. The predicted molar refractivity (Wildman–Crippen MR) is 130 cm³/mol. The topological polar surface area (TPSA) is 89.0 Å². The van der Waals surface area contributed by atoms with Crippen LogP contribution in [0.4, 0.5) is 0 Å². The van der Waals surface area contributed by atoms with Gasteiger partial charge in [-0.3, -0.25) is 14.4 Å². The van der Waals surface area contributed by atoms with Crippen LogP contribution in [0, 0.1) is 26.7 Å². The van der Waals surface area contributed by atoms with E-state index in [0.717, 1.165) is 33.4 Å². The molecule has 0 aliphatic heterocycles. The third-order valence-electron chi connectivity index (χ3n) is 6.26. The summed E-state index contributed by atoms with van der Waals surface area (Å²) in [6.07, 6.45) is 3.16. The maximum Gasteiger partial charge on any atom is 0.221 e. The van der Waals surface area contributed by atoms with Gasteiger partial charge in [-0.05, 0) is 55.2 Å². The Labute approximate surface area is 203 Å². The number of nitrogens with zero attached hydrogens (tertiary/aromatic N) is 2. The van der Waals surface area contributed by atoms with Crippen molar-refractivity contribution >= 4 is 29.1 Å². The van der Waals surface area contributed by atoms with E-state index in [-0.39, 0.29) is 30.3 Å². The van der Waals surface area contributed by atoms with Crippen molar-refractivity contribution in [1.82, 2.24) is 15.3 Å². The van der Waals surface area contributed by atoms with E-state index >= 15 is 0 Å². The van der Waals surface area contributed by atoms with Crippen molar-refractivity contribution in [2.45, 2.75) is 46.1 Å². The Morgan fingerprint density at radius 3 is 2.26 bits per heavy atom. The normalized spacial score (nSPS) is 17.8. The summed E-state index contributed by atoms with van der Waals surface area (Å²) < 4.78 is 0. The van der Waals surface area contributed by atoms with E-state index in [2.05, 4.69) is 15.3 Å². The van der Waals surface area contributed by atoms with Gasteiger partial charge in [-0.25, -0.2) is 9.97 Å². The molecule has 1 fully saturated rings. The lowest BCUT2D eigenvalue weighted by atomic mass is 9.86. The summed E-state index contributed by atoms with van der Waals surface area (Å²) in [5.41, 5.74) is 5.29. The van der Waals surface area contributed by atoms with Crippen LogP contribution in [-0.4, -0.2) is 27.4 Å². The van der Waals surface area contributed by atoms with Crippen LogP contribution in [0.2, 0.25) is 5.02 Å². The molecule has 34 heavy (non-hydrogen) atoms. The van der Waals surface area contributed by atoms with E-state index in [1.54, 1.807) is 0 Å². The molecule has 1 saturated carbocycles. The molecule has 1 N–H and O–H groups in total. The van der Waals surface area contributed by atoms with E-state index in [4.69, 9.17) is 11.6 Å². The average Bonchev–Trinajstić information content (AvgIpc) is 3.06. The number of carbonyl (C=O) groups is 3. The summed E-state index contributed by atoms with van der Waals surface area (Å²) >= 11 is 5.88. The molecule has 0 radical (unpaired) electrons. The largest absolute Gasteiger partial charge is 0.352 e. The quantitative estimate of drug-likeness (QED) is 0.523. The second-order valence-corrected chi connectivity index (χ2v) is 9.35. The van der Waals surface area contributed by atoms with Gasteiger partial charge in [0.05, 0.1) is 5.02 Å². The predicted octanol–water partition coefficient (Wildman–Crippen LogP) is 4.67. The van der Waals surface area contributed by atoms with Crippen LogP contribution >= 0.6 is 11.6 Å². The number of hydrogen-bond acceptors (Lipinski definition) is 5. The first-order valence-corrected chi connectivity index (χ1v) is 11.6. The lowest BCUT2D eigenvalue weighted by Crippen LogP contribution is -2.27. The summed E-state index contributed by atoms with van der Waals surface area (Å²) in [5.74, 6) is -1.46. The number of ketones is 2. The molecule has 2 atom stereocenters. The van der Waals surface area contributed by atoms with Gasteiger partial charge >= 0.3 is 0 Å². The van der Waals surface area contributed by atoms with Crippen molar-refractivity contribution in [3.63, 3.8) is 0 Å². The zero-order valence-electron chi connectivity index (χ0n) is 19.4. The number of carbonyl (C=O) groups excluding carboxylic acids is 3. The van der Waals surface area contributed by atoms with Gasteiger partial charge in [-0.1, -0.05) is 41.4 Å². The van der Waals surface area contributed by atoms with Crippen molar-refractivity contribution in [1.29, 1.82) is 0 Å². The van der Waals surface area contributed by atoms with Gasteiger partial charge < -0.3 is 5.32 Å². The highest BCUT2D eigenvalue weighted by Gasteiger charge is 2.43. The fourth-order valence-corrected chi connectivity index (χ4v) is 4.65. The number of aromatic nitrogens is 2. The Balaban J connectivity index is 1.47. The molecule has 3 aromatic rings. The lowest BCUT2D eigenvalue weighted by molar-refractivity contribution is -0.128. The maximum atomic E-state index is 13.2. The van der Waals surface area contributed by atoms with E-state index in [9.17, 15) is 14.4 Å². The molecule has 2 aromatic carbocycles. The Morgan fingerprint density at radius 2 is 1.65 bits per heavy atom. The molecule has 7 heteroatoms. The number of halogens is 1. The first-order valence-electron chi connectivity index (χ1n) is 11.2. The molecule has 4 rings (SSSR count). The SMILES string of the molecule is Cc1ccc(CNC(=O)CC2CC(=O)C(c3c(C)cc(-c4ncc(Cl)cn4)cc3C)C2=O)cc1. The molecular formula is C27H26ClN3O3. The molecule has 1 amide bonds. The Hall–Kier alpha value is -3.38. The molecule has 1 aromatic heterocycles. The van der Waals surface area contributed by atoms with Gasteiger partial charge in [0, 0.05) is 43.3 Å². The highest BCUT2D eigenvalue weighted by Crippen LogP contribution is 2.38. The molecule has 1 aliphatic rings. The van der Waals surface area contributed by atoms with Gasteiger partial charge in [0.25, 0.3) is 0 Å². The van der Waals surface area contributed by atoms with Crippen molar-refractivity contribution < 1.29 is 14.4 Å². The third kappa shape index (κ3) is 5.07. The molecular weight excluding hydrogens is 450 g/mol.